The fourth-order valence-electron chi connectivity index (χ4n) is 4.26. The highest BCUT2D eigenvalue weighted by atomic mass is 16.5. The number of carbonyl (C=O) groups is 2. The molecule has 1 fully saturated rings. The van der Waals surface area contributed by atoms with Crippen LogP contribution >= 0.6 is 0 Å². The smallest absolute Gasteiger partial charge is 0.313 e. The molecule has 5 nitrogen and oxygen atoms in total. The Morgan fingerprint density at radius 1 is 1.14 bits per heavy atom. The first kappa shape index (κ1) is 22.5. The maximum atomic E-state index is 12.4. The van der Waals surface area contributed by atoms with Crippen molar-refractivity contribution in [2.75, 3.05) is 6.61 Å². The summed E-state index contributed by atoms with van der Waals surface area (Å²) in [5, 5.41) is 11.4. The minimum Gasteiger partial charge on any atom is -0.466 e. The van der Waals surface area contributed by atoms with Crippen LogP contribution in [-0.4, -0.2) is 34.1 Å². The van der Waals surface area contributed by atoms with Crippen molar-refractivity contribution >= 4 is 11.8 Å². The van der Waals surface area contributed by atoms with E-state index in [0.29, 0.717) is 12.8 Å². The van der Waals surface area contributed by atoms with E-state index in [1.807, 2.05) is 0 Å². The number of rotatable bonds is 11. The summed E-state index contributed by atoms with van der Waals surface area (Å²) >= 11 is 0. The van der Waals surface area contributed by atoms with Crippen molar-refractivity contribution in [2.24, 2.45) is 5.92 Å². The second-order valence-electron chi connectivity index (χ2n) is 7.95. The molecule has 2 rings (SSSR count). The molecule has 0 radical (unpaired) electrons. The molecule has 0 spiro atoms. The summed E-state index contributed by atoms with van der Waals surface area (Å²) in [5.41, 5.74) is 2.24. The summed E-state index contributed by atoms with van der Waals surface area (Å²) in [5.74, 6) is -0.613. The van der Waals surface area contributed by atoms with Gasteiger partial charge in [-0.05, 0) is 69.1 Å². The number of hydrogen-bond acceptors (Lipinski definition) is 5. The monoisotopic (exact) mass is 389 g/mol. The van der Waals surface area contributed by atoms with Crippen LogP contribution in [0, 0.1) is 5.92 Å². The van der Waals surface area contributed by atoms with E-state index in [-0.39, 0.29) is 31.1 Å². The van der Waals surface area contributed by atoms with Crippen molar-refractivity contribution in [3.63, 3.8) is 0 Å². The van der Waals surface area contributed by atoms with Gasteiger partial charge >= 0.3 is 5.97 Å². The Kier molecular flexibility index (Phi) is 8.61. The zero-order chi connectivity index (χ0) is 20.6. The molecule has 1 atom stereocenters. The summed E-state index contributed by atoms with van der Waals surface area (Å²) < 4.78 is 4.88. The molecule has 0 aromatic carbocycles. The number of aromatic nitrogens is 1. The van der Waals surface area contributed by atoms with Crippen molar-refractivity contribution in [2.45, 2.75) is 90.6 Å². The number of esters is 1. The van der Waals surface area contributed by atoms with Crippen molar-refractivity contribution in [3.05, 3.63) is 29.1 Å². The molecule has 0 aliphatic heterocycles. The number of nitrogens with zero attached hydrogens (tertiary/aromatic N) is 1. The molecule has 0 amide bonds. The number of ketones is 1. The topological polar surface area (TPSA) is 76.5 Å². The third-order valence-corrected chi connectivity index (χ3v) is 5.83. The van der Waals surface area contributed by atoms with E-state index in [1.54, 1.807) is 6.92 Å². The lowest BCUT2D eigenvalue weighted by Gasteiger charge is -2.34. The van der Waals surface area contributed by atoms with Crippen molar-refractivity contribution in [1.82, 2.24) is 4.98 Å². The summed E-state index contributed by atoms with van der Waals surface area (Å²) in [4.78, 5) is 28.7. The summed E-state index contributed by atoms with van der Waals surface area (Å²) in [6.07, 6.45) is 6.85. The largest absolute Gasteiger partial charge is 0.466 e. The standard InChI is InChI=1S/C23H35NO4/c1-4-19-13-17(14-20(5-2)24-19)11-12-23(27,18-9-7-8-10-18)16-21(25)15-22(26)28-6-3/h13-14,18,27H,4-12,15-16H2,1-3H3. The second-order valence-corrected chi connectivity index (χ2v) is 7.95. The molecule has 156 valence electrons. The lowest BCUT2D eigenvalue weighted by molar-refractivity contribution is -0.147. The maximum absolute atomic E-state index is 12.4. The van der Waals surface area contributed by atoms with Crippen molar-refractivity contribution in [1.29, 1.82) is 0 Å². The van der Waals surface area contributed by atoms with Crippen LogP contribution < -0.4 is 0 Å². The molecule has 0 bridgehead atoms. The first-order chi connectivity index (χ1) is 13.4. The Labute approximate surface area is 168 Å². The van der Waals surface area contributed by atoms with Crippen LogP contribution in [0.2, 0.25) is 0 Å². The van der Waals surface area contributed by atoms with Gasteiger partial charge < -0.3 is 9.84 Å². The number of aryl methyl sites for hydroxylation is 3. The van der Waals surface area contributed by atoms with Gasteiger partial charge in [-0.2, -0.15) is 0 Å². The predicted octanol–water partition coefficient (Wildman–Crippen LogP) is 3.97. The minimum absolute atomic E-state index is 0.0306. The van der Waals surface area contributed by atoms with E-state index < -0.39 is 11.6 Å². The average molecular weight is 390 g/mol. The Bertz CT molecular complexity index is 644. The minimum atomic E-state index is -1.05. The number of aliphatic hydroxyl groups is 1. The van der Waals surface area contributed by atoms with Crippen LogP contribution in [-0.2, 0) is 33.6 Å². The predicted molar refractivity (Wildman–Crippen MR) is 109 cm³/mol. The Morgan fingerprint density at radius 2 is 1.75 bits per heavy atom. The maximum Gasteiger partial charge on any atom is 0.313 e. The molecule has 1 aliphatic carbocycles. The molecule has 1 N–H and O–H groups in total. The van der Waals surface area contributed by atoms with Gasteiger partial charge in [0.2, 0.25) is 0 Å². The Hall–Kier alpha value is -1.75. The first-order valence-corrected chi connectivity index (χ1v) is 10.8. The van der Waals surface area contributed by atoms with E-state index >= 15 is 0 Å². The summed E-state index contributed by atoms with van der Waals surface area (Å²) in [6, 6.07) is 4.21. The Balaban J connectivity index is 2.10. The van der Waals surface area contributed by atoms with Crippen LogP contribution in [0.4, 0.5) is 0 Å². The van der Waals surface area contributed by atoms with Crippen LogP contribution in [0.25, 0.3) is 0 Å². The molecule has 1 saturated carbocycles. The second kappa shape index (κ2) is 10.7. The van der Waals surface area contributed by atoms with Gasteiger partial charge in [0.25, 0.3) is 0 Å². The highest BCUT2D eigenvalue weighted by Gasteiger charge is 2.39. The van der Waals surface area contributed by atoms with Gasteiger partial charge in [0.05, 0.1) is 12.2 Å². The van der Waals surface area contributed by atoms with E-state index in [9.17, 15) is 14.7 Å². The van der Waals surface area contributed by atoms with Crippen molar-refractivity contribution in [3.8, 4) is 0 Å². The summed E-state index contributed by atoms with van der Waals surface area (Å²) in [7, 11) is 0. The van der Waals surface area contributed by atoms with Gasteiger partial charge in [-0.1, -0.05) is 26.7 Å². The molecule has 1 aromatic heterocycles. The third kappa shape index (κ3) is 6.40. The van der Waals surface area contributed by atoms with Gasteiger partial charge in [0, 0.05) is 17.8 Å². The van der Waals surface area contributed by atoms with Gasteiger partial charge in [0.1, 0.15) is 12.2 Å². The molecular weight excluding hydrogens is 354 g/mol. The summed E-state index contributed by atoms with van der Waals surface area (Å²) in [6.45, 7) is 6.17. The average Bonchev–Trinajstić information content (AvgIpc) is 3.21. The Morgan fingerprint density at radius 3 is 2.29 bits per heavy atom. The number of hydrogen-bond donors (Lipinski definition) is 1. The third-order valence-electron chi connectivity index (χ3n) is 5.83. The SMILES string of the molecule is CCOC(=O)CC(=O)CC(O)(CCc1cc(CC)nc(CC)c1)C1CCCC1. The van der Waals surface area contributed by atoms with E-state index in [0.717, 1.165) is 55.5 Å². The van der Waals surface area contributed by atoms with Gasteiger partial charge in [-0.15, -0.1) is 0 Å². The zero-order valence-electron chi connectivity index (χ0n) is 17.6. The van der Waals surface area contributed by atoms with E-state index in [1.165, 1.54) is 0 Å². The van der Waals surface area contributed by atoms with E-state index in [4.69, 9.17) is 4.74 Å². The molecule has 1 heterocycles. The highest BCUT2D eigenvalue weighted by Crippen LogP contribution is 2.39. The molecule has 1 aromatic rings. The van der Waals surface area contributed by atoms with Crippen molar-refractivity contribution < 1.29 is 19.4 Å². The lowest BCUT2D eigenvalue weighted by atomic mass is 9.77. The molecule has 28 heavy (non-hydrogen) atoms. The van der Waals surface area contributed by atoms with Crippen LogP contribution in [0.15, 0.2) is 12.1 Å². The van der Waals surface area contributed by atoms with Gasteiger partial charge in [-0.25, -0.2) is 0 Å². The molecule has 1 unspecified atom stereocenters. The molecule has 0 saturated heterocycles. The first-order valence-electron chi connectivity index (χ1n) is 10.8. The van der Waals surface area contributed by atoms with Gasteiger partial charge in [-0.3, -0.25) is 14.6 Å². The van der Waals surface area contributed by atoms with Crippen LogP contribution in [0.3, 0.4) is 0 Å². The fourth-order valence-corrected chi connectivity index (χ4v) is 4.26. The van der Waals surface area contributed by atoms with Crippen LogP contribution in [0.5, 0.6) is 0 Å². The molecule has 5 heteroatoms. The zero-order valence-corrected chi connectivity index (χ0v) is 17.6. The normalized spacial score (nSPS) is 16.7. The highest BCUT2D eigenvalue weighted by molar-refractivity contribution is 5.96. The fraction of sp³-hybridized carbons (Fsp3) is 0.696. The number of ether oxygens (including phenoxy) is 1. The number of pyridine rings is 1. The van der Waals surface area contributed by atoms with E-state index in [2.05, 4.69) is 31.0 Å². The quantitative estimate of drug-likeness (QED) is 0.458. The van der Waals surface area contributed by atoms with Gasteiger partial charge in [0.15, 0.2) is 0 Å². The number of carbonyl (C=O) groups excluding carboxylic acids is 2. The molecule has 1 aliphatic rings. The molecular formula is C23H35NO4. The van der Waals surface area contributed by atoms with Crippen LogP contribution in [0.1, 0.15) is 82.7 Å². The lowest BCUT2D eigenvalue weighted by Crippen LogP contribution is -2.40. The number of Topliss-reactive ketones (excluding diaryl/α,β-unsaturated/α-hetero) is 1.